The Kier molecular flexibility index (Phi) is 8.15. The summed E-state index contributed by atoms with van der Waals surface area (Å²) >= 11 is 0. The first-order valence-electron chi connectivity index (χ1n) is 12.1. The number of benzene rings is 2. The zero-order chi connectivity index (χ0) is 26.4. The molecular weight excluding hydrogens is 487 g/mol. The molecule has 4 rings (SSSR count). The summed E-state index contributed by atoms with van der Waals surface area (Å²) < 4.78 is 37.6. The van der Waals surface area contributed by atoms with Crippen LogP contribution in [-0.2, 0) is 19.2 Å². The van der Waals surface area contributed by atoms with Crippen molar-refractivity contribution in [3.63, 3.8) is 0 Å². The predicted molar refractivity (Wildman–Crippen MR) is 131 cm³/mol. The third kappa shape index (κ3) is 6.69. The molecule has 1 saturated heterocycles. The number of rotatable bonds is 4. The van der Waals surface area contributed by atoms with Gasteiger partial charge in [-0.2, -0.15) is 18.7 Å². The van der Waals surface area contributed by atoms with E-state index < -0.39 is 29.9 Å². The highest BCUT2D eigenvalue weighted by Gasteiger charge is 2.44. The van der Waals surface area contributed by atoms with Gasteiger partial charge in [-0.1, -0.05) is 60.2 Å². The van der Waals surface area contributed by atoms with Crippen molar-refractivity contribution in [2.75, 3.05) is 31.1 Å². The Morgan fingerprint density at radius 2 is 1.51 bits per heavy atom. The third-order valence-electron chi connectivity index (χ3n) is 6.76. The molecule has 0 radical (unpaired) electrons. The van der Waals surface area contributed by atoms with Gasteiger partial charge < -0.3 is 14.6 Å². The molecule has 0 aromatic heterocycles. The van der Waals surface area contributed by atoms with Gasteiger partial charge in [0.25, 0.3) is 5.91 Å². The maximum absolute atomic E-state index is 13.5. The average Bonchev–Trinajstić information content (AvgIpc) is 2.91. The van der Waals surface area contributed by atoms with Crippen LogP contribution in [0.15, 0.2) is 66.2 Å². The van der Waals surface area contributed by atoms with Gasteiger partial charge in [-0.3, -0.25) is 9.59 Å². The Labute approximate surface area is 212 Å². The highest BCUT2D eigenvalue weighted by Crippen LogP contribution is 2.36. The number of piperazine rings is 1. The fourth-order valence-electron chi connectivity index (χ4n) is 4.84. The number of nitrogens with zero attached hydrogens (tertiary/aromatic N) is 2. The molecule has 1 N–H and O–H groups in total. The summed E-state index contributed by atoms with van der Waals surface area (Å²) in [5.74, 6) is -5.35. The maximum Gasteiger partial charge on any atom is 0.493 e. The van der Waals surface area contributed by atoms with E-state index >= 15 is 0 Å². The van der Waals surface area contributed by atoms with E-state index in [4.69, 9.17) is 0 Å². The van der Waals surface area contributed by atoms with Crippen LogP contribution in [0.2, 0.25) is 0 Å². The molecule has 2 aromatic carbocycles. The van der Waals surface area contributed by atoms with Crippen LogP contribution in [0.5, 0.6) is 0 Å². The molecule has 0 spiro atoms. The number of carbonyl (C=O) groups excluding carboxylic acids is 3. The van der Waals surface area contributed by atoms with Gasteiger partial charge in [-0.05, 0) is 37.0 Å². The van der Waals surface area contributed by atoms with E-state index in [1.807, 2.05) is 66.7 Å². The molecule has 1 saturated carbocycles. The summed E-state index contributed by atoms with van der Waals surface area (Å²) in [6.07, 6.45) is -2.22. The first-order chi connectivity index (χ1) is 17.7. The van der Waals surface area contributed by atoms with E-state index in [-0.39, 0.29) is 12.3 Å². The Hall–Kier alpha value is -3.82. The van der Waals surface area contributed by atoms with E-state index in [1.165, 1.54) is 0 Å². The number of alkyl halides is 3. The molecule has 1 heterocycles. The van der Waals surface area contributed by atoms with Crippen LogP contribution in [0.1, 0.15) is 24.8 Å². The lowest BCUT2D eigenvalue weighted by atomic mass is 9.75. The second-order valence-corrected chi connectivity index (χ2v) is 9.17. The number of anilines is 1. The number of amides is 2. The lowest BCUT2D eigenvalue weighted by Crippen LogP contribution is -2.53. The minimum atomic E-state index is -5.24. The van der Waals surface area contributed by atoms with Gasteiger partial charge in [0.05, 0.1) is 11.8 Å². The van der Waals surface area contributed by atoms with Crippen LogP contribution in [-0.4, -0.2) is 55.0 Å². The number of hydrogen-bond acceptors (Lipinski definition) is 5. The number of hydrogen-bond donors (Lipinski definition) is 1. The fourth-order valence-corrected chi connectivity index (χ4v) is 4.84. The molecule has 2 atom stereocenters. The first-order valence-corrected chi connectivity index (χ1v) is 12.1. The Morgan fingerprint density at radius 1 is 0.892 bits per heavy atom. The zero-order valence-electron chi connectivity index (χ0n) is 20.1. The van der Waals surface area contributed by atoms with Crippen LogP contribution < -0.4 is 10.4 Å². The number of halogens is 3. The van der Waals surface area contributed by atoms with Crippen LogP contribution in [0.4, 0.5) is 18.9 Å². The molecule has 2 aliphatic rings. The molecule has 7 nitrogen and oxygen atoms in total. The smallest absolute Gasteiger partial charge is 0.368 e. The maximum atomic E-state index is 13.5. The van der Waals surface area contributed by atoms with E-state index in [2.05, 4.69) is 9.74 Å². The summed E-state index contributed by atoms with van der Waals surface area (Å²) in [7, 11) is 0. The highest BCUT2D eigenvalue weighted by atomic mass is 19.4. The fraction of sp³-hybridized carbons (Fsp3) is 0.370. The largest absolute Gasteiger partial charge is 0.493 e. The summed E-state index contributed by atoms with van der Waals surface area (Å²) in [6, 6.07) is 19.3. The number of para-hydroxylation sites is 1. The summed E-state index contributed by atoms with van der Waals surface area (Å²) in [5.41, 5.74) is 4.52. The van der Waals surface area contributed by atoms with Crippen LogP contribution in [0.3, 0.4) is 0 Å². The van der Waals surface area contributed by atoms with Crippen molar-refractivity contribution in [1.82, 2.24) is 10.4 Å². The predicted octanol–water partition coefficient (Wildman–Crippen LogP) is 3.97. The normalized spacial score (nSPS) is 21.4. The lowest BCUT2D eigenvalue weighted by molar-refractivity contribution is -0.208. The SMILES string of the molecule is O=C(NOC(=O)C(F)(F)F)[C@H]1CC(=Cc2ccccc2)CC[C@@H]1C(=O)N1CCN(c2ccccc2)CC1. The van der Waals surface area contributed by atoms with Gasteiger partial charge in [-0.25, -0.2) is 4.79 Å². The van der Waals surface area contributed by atoms with Crippen molar-refractivity contribution in [3.05, 3.63) is 71.8 Å². The second kappa shape index (κ2) is 11.5. The Balaban J connectivity index is 1.46. The highest BCUT2D eigenvalue weighted by molar-refractivity contribution is 5.89. The minimum absolute atomic E-state index is 0.171. The quantitative estimate of drug-likeness (QED) is 0.624. The van der Waals surface area contributed by atoms with Crippen molar-refractivity contribution in [2.45, 2.75) is 25.4 Å². The third-order valence-corrected chi connectivity index (χ3v) is 6.76. The van der Waals surface area contributed by atoms with E-state index in [0.29, 0.717) is 39.0 Å². The van der Waals surface area contributed by atoms with Crippen LogP contribution >= 0.6 is 0 Å². The Bertz CT molecular complexity index is 1130. The second-order valence-electron chi connectivity index (χ2n) is 9.17. The monoisotopic (exact) mass is 515 g/mol. The van der Waals surface area contributed by atoms with E-state index in [1.54, 1.807) is 10.4 Å². The average molecular weight is 516 g/mol. The molecule has 1 aliphatic heterocycles. The van der Waals surface area contributed by atoms with Crippen molar-refractivity contribution in [2.24, 2.45) is 11.8 Å². The van der Waals surface area contributed by atoms with Crippen molar-refractivity contribution in [3.8, 4) is 0 Å². The van der Waals surface area contributed by atoms with Gasteiger partial charge in [0.15, 0.2) is 0 Å². The standard InChI is InChI=1S/C27H28F3N3O4/c28-27(29,30)26(36)37-31-24(34)23-18-20(17-19-7-3-1-4-8-19)11-12-22(23)25(35)33-15-13-32(14-16-33)21-9-5-2-6-10-21/h1-10,17,22-23H,11-16,18H2,(H,31,34)/t22-,23-/m0/s1. The van der Waals surface area contributed by atoms with Gasteiger partial charge in [0.1, 0.15) is 0 Å². The summed E-state index contributed by atoms with van der Waals surface area (Å²) in [4.78, 5) is 45.4. The van der Waals surface area contributed by atoms with Crippen molar-refractivity contribution < 1.29 is 32.4 Å². The Morgan fingerprint density at radius 3 is 2.14 bits per heavy atom. The lowest BCUT2D eigenvalue weighted by Gasteiger charge is -2.40. The molecule has 0 bridgehead atoms. The molecule has 1 aliphatic carbocycles. The molecule has 2 amide bonds. The van der Waals surface area contributed by atoms with Gasteiger partial charge >= 0.3 is 12.1 Å². The van der Waals surface area contributed by atoms with Crippen LogP contribution in [0, 0.1) is 11.8 Å². The molecular formula is C27H28F3N3O4. The molecule has 37 heavy (non-hydrogen) atoms. The minimum Gasteiger partial charge on any atom is -0.368 e. The van der Waals surface area contributed by atoms with E-state index in [0.717, 1.165) is 16.8 Å². The molecule has 2 fully saturated rings. The van der Waals surface area contributed by atoms with Gasteiger partial charge in [0.2, 0.25) is 5.91 Å². The molecule has 2 aromatic rings. The zero-order valence-corrected chi connectivity index (χ0v) is 20.1. The topological polar surface area (TPSA) is 78.9 Å². The van der Waals surface area contributed by atoms with Crippen molar-refractivity contribution in [1.29, 1.82) is 0 Å². The van der Waals surface area contributed by atoms with Crippen LogP contribution in [0.25, 0.3) is 6.08 Å². The van der Waals surface area contributed by atoms with Crippen molar-refractivity contribution >= 4 is 29.5 Å². The summed E-state index contributed by atoms with van der Waals surface area (Å²) in [6.45, 7) is 2.19. The van der Waals surface area contributed by atoms with Gasteiger partial charge in [0, 0.05) is 31.9 Å². The number of nitrogens with one attached hydrogen (secondary N) is 1. The first kappa shape index (κ1) is 26.2. The summed E-state index contributed by atoms with van der Waals surface area (Å²) in [5, 5.41) is 0. The van der Waals surface area contributed by atoms with Gasteiger partial charge in [-0.15, -0.1) is 0 Å². The molecule has 10 heteroatoms. The van der Waals surface area contributed by atoms with E-state index in [9.17, 15) is 27.6 Å². The molecule has 196 valence electrons. The molecule has 0 unspecified atom stereocenters. The number of allylic oxidation sites excluding steroid dienone is 1. The number of carbonyl (C=O) groups is 3. The number of hydroxylamine groups is 1.